The fourth-order valence-corrected chi connectivity index (χ4v) is 4.90. The molecule has 2 aliphatic rings. The first kappa shape index (κ1) is 24.8. The van der Waals surface area contributed by atoms with Gasteiger partial charge in [-0.2, -0.15) is 0 Å². The van der Waals surface area contributed by atoms with Crippen molar-refractivity contribution in [1.29, 1.82) is 0 Å². The topological polar surface area (TPSA) is 62.2 Å². The fourth-order valence-electron chi connectivity index (χ4n) is 4.73. The van der Waals surface area contributed by atoms with Crippen LogP contribution < -0.4 is 9.47 Å². The summed E-state index contributed by atoms with van der Waals surface area (Å²) in [7, 11) is 0. The number of aryl methyl sites for hydroxylation is 1. The molecule has 2 saturated heterocycles. The molecule has 1 N–H and O–H groups in total. The van der Waals surface area contributed by atoms with Crippen molar-refractivity contribution in [2.75, 3.05) is 39.4 Å². The minimum Gasteiger partial charge on any atom is -0.494 e. The summed E-state index contributed by atoms with van der Waals surface area (Å²) in [5.41, 5.74) is 1.36. The van der Waals surface area contributed by atoms with Crippen molar-refractivity contribution in [3.8, 4) is 11.5 Å². The molecule has 2 aromatic rings. The molecule has 2 aromatic carbocycles. The molecular formula is C27H35ClN2O4. The van der Waals surface area contributed by atoms with Crippen molar-refractivity contribution >= 4 is 17.5 Å². The molecule has 1 amide bonds. The van der Waals surface area contributed by atoms with Crippen molar-refractivity contribution in [2.24, 2.45) is 0 Å². The predicted octanol–water partition coefficient (Wildman–Crippen LogP) is 4.45. The smallest absolute Gasteiger partial charge is 0.222 e. The van der Waals surface area contributed by atoms with Crippen LogP contribution in [-0.2, 0) is 11.3 Å². The summed E-state index contributed by atoms with van der Waals surface area (Å²) in [6, 6.07) is 13.8. The summed E-state index contributed by atoms with van der Waals surface area (Å²) in [4.78, 5) is 15.9. The molecule has 2 fully saturated rings. The van der Waals surface area contributed by atoms with Crippen molar-refractivity contribution in [2.45, 2.75) is 51.2 Å². The summed E-state index contributed by atoms with van der Waals surface area (Å²) in [6.07, 6.45) is 4.13. The molecule has 0 aliphatic carbocycles. The molecule has 2 heterocycles. The Hall–Kier alpha value is -2.28. The Morgan fingerprint density at radius 2 is 1.91 bits per heavy atom. The van der Waals surface area contributed by atoms with Gasteiger partial charge in [0.2, 0.25) is 5.91 Å². The zero-order valence-electron chi connectivity index (χ0n) is 20.0. The second kappa shape index (κ2) is 11.4. The molecule has 0 radical (unpaired) electrons. The summed E-state index contributed by atoms with van der Waals surface area (Å²) >= 11 is 6.24. The zero-order chi connectivity index (χ0) is 24.0. The Kier molecular flexibility index (Phi) is 8.35. The normalized spacial score (nSPS) is 21.1. The fraction of sp³-hybridized carbons (Fsp3) is 0.519. The minimum absolute atomic E-state index is 0.225. The third kappa shape index (κ3) is 6.87. The molecule has 0 saturated carbocycles. The molecular weight excluding hydrogens is 452 g/mol. The molecule has 0 bridgehead atoms. The third-order valence-electron chi connectivity index (χ3n) is 6.56. The van der Waals surface area contributed by atoms with Crippen molar-refractivity contribution in [3.63, 3.8) is 0 Å². The molecule has 4 rings (SSSR count). The van der Waals surface area contributed by atoms with Crippen LogP contribution in [0.2, 0.25) is 5.02 Å². The lowest BCUT2D eigenvalue weighted by atomic mass is 9.93. The Morgan fingerprint density at radius 3 is 2.68 bits per heavy atom. The van der Waals surface area contributed by atoms with Crippen molar-refractivity contribution in [3.05, 3.63) is 58.6 Å². The molecule has 0 spiro atoms. The highest BCUT2D eigenvalue weighted by molar-refractivity contribution is 6.32. The SMILES string of the molecule is Cc1ccc(Cl)c(OC[C@]2(O)CCCN(Cc3ccc(OCCCN4CCCC4=O)cc3)C2)c1. The van der Waals surface area contributed by atoms with Gasteiger partial charge in [-0.1, -0.05) is 29.8 Å². The van der Waals surface area contributed by atoms with Crippen LogP contribution in [0.3, 0.4) is 0 Å². The van der Waals surface area contributed by atoms with Gasteiger partial charge >= 0.3 is 0 Å². The van der Waals surface area contributed by atoms with Crippen molar-refractivity contribution in [1.82, 2.24) is 9.80 Å². The van der Waals surface area contributed by atoms with E-state index in [-0.39, 0.29) is 12.5 Å². The maximum atomic E-state index is 11.7. The van der Waals surface area contributed by atoms with Crippen molar-refractivity contribution < 1.29 is 19.4 Å². The first-order valence-electron chi connectivity index (χ1n) is 12.2. The van der Waals surface area contributed by atoms with Gasteiger partial charge in [-0.25, -0.2) is 0 Å². The van der Waals surface area contributed by atoms with Crippen LogP contribution in [0.1, 0.15) is 43.2 Å². The quantitative estimate of drug-likeness (QED) is 0.503. The molecule has 34 heavy (non-hydrogen) atoms. The molecule has 0 aromatic heterocycles. The first-order chi connectivity index (χ1) is 16.4. The van der Waals surface area contributed by atoms with E-state index in [2.05, 4.69) is 17.0 Å². The van der Waals surface area contributed by atoms with E-state index in [0.717, 1.165) is 56.8 Å². The number of benzene rings is 2. The van der Waals surface area contributed by atoms with E-state index >= 15 is 0 Å². The number of carbonyl (C=O) groups excluding carboxylic acids is 1. The van der Waals surface area contributed by atoms with Crippen LogP contribution in [-0.4, -0.2) is 65.8 Å². The number of amides is 1. The van der Waals surface area contributed by atoms with Crippen LogP contribution in [0.4, 0.5) is 0 Å². The Labute approximate surface area is 207 Å². The van der Waals surface area contributed by atoms with E-state index in [1.54, 1.807) is 0 Å². The lowest BCUT2D eigenvalue weighted by Crippen LogP contribution is -2.51. The van der Waals surface area contributed by atoms with E-state index in [4.69, 9.17) is 21.1 Å². The number of piperidine rings is 1. The van der Waals surface area contributed by atoms with E-state index in [9.17, 15) is 9.90 Å². The number of hydrogen-bond acceptors (Lipinski definition) is 5. The van der Waals surface area contributed by atoms with Crippen LogP contribution >= 0.6 is 11.6 Å². The van der Waals surface area contributed by atoms with E-state index < -0.39 is 5.60 Å². The monoisotopic (exact) mass is 486 g/mol. The van der Waals surface area contributed by atoms with E-state index in [0.29, 0.717) is 36.8 Å². The highest BCUT2D eigenvalue weighted by Crippen LogP contribution is 2.29. The number of nitrogens with zero attached hydrogens (tertiary/aromatic N) is 2. The van der Waals surface area contributed by atoms with Gasteiger partial charge in [0.15, 0.2) is 0 Å². The molecule has 1 atom stereocenters. The second-order valence-electron chi connectivity index (χ2n) is 9.59. The molecule has 6 nitrogen and oxygen atoms in total. The van der Waals surface area contributed by atoms with Gasteiger partial charge in [0.05, 0.1) is 11.6 Å². The molecule has 0 unspecified atom stereocenters. The van der Waals surface area contributed by atoms with Gasteiger partial charge in [-0.05, 0) is 74.5 Å². The number of rotatable bonds is 10. The lowest BCUT2D eigenvalue weighted by molar-refractivity contribution is -0.127. The maximum absolute atomic E-state index is 11.7. The van der Waals surface area contributed by atoms with Crippen LogP contribution in [0.25, 0.3) is 0 Å². The van der Waals surface area contributed by atoms with Crippen LogP contribution in [0, 0.1) is 6.92 Å². The summed E-state index contributed by atoms with van der Waals surface area (Å²) < 4.78 is 11.8. The van der Waals surface area contributed by atoms with Gasteiger partial charge in [-0.15, -0.1) is 0 Å². The number of carbonyl (C=O) groups is 1. The largest absolute Gasteiger partial charge is 0.494 e. The molecule has 184 valence electrons. The molecule has 2 aliphatic heterocycles. The zero-order valence-corrected chi connectivity index (χ0v) is 20.7. The number of hydrogen-bond donors (Lipinski definition) is 1. The van der Waals surface area contributed by atoms with Gasteiger partial charge in [0.25, 0.3) is 0 Å². The summed E-state index contributed by atoms with van der Waals surface area (Å²) in [5.74, 6) is 1.73. The average Bonchev–Trinajstić information content (AvgIpc) is 3.23. The number of halogens is 1. The van der Waals surface area contributed by atoms with E-state index in [1.165, 1.54) is 5.56 Å². The minimum atomic E-state index is -0.898. The molecule has 7 heteroatoms. The summed E-state index contributed by atoms with van der Waals surface area (Å²) in [6.45, 7) is 6.75. The maximum Gasteiger partial charge on any atom is 0.222 e. The van der Waals surface area contributed by atoms with Gasteiger partial charge in [0.1, 0.15) is 23.7 Å². The number of β-amino-alcohol motifs (C(OH)–C–C–N with tert-alkyl or cyclic N) is 1. The predicted molar refractivity (Wildman–Crippen MR) is 134 cm³/mol. The van der Waals surface area contributed by atoms with Gasteiger partial charge in [0, 0.05) is 32.6 Å². The average molecular weight is 487 g/mol. The van der Waals surface area contributed by atoms with Crippen LogP contribution in [0.15, 0.2) is 42.5 Å². The first-order valence-corrected chi connectivity index (χ1v) is 12.6. The Balaban J connectivity index is 1.22. The Bertz CT molecular complexity index is 968. The lowest BCUT2D eigenvalue weighted by Gasteiger charge is -2.39. The Morgan fingerprint density at radius 1 is 1.09 bits per heavy atom. The van der Waals surface area contributed by atoms with E-state index in [1.807, 2.05) is 42.2 Å². The number of aliphatic hydroxyl groups is 1. The standard InChI is InChI=1S/C27H35ClN2O4/c1-21-6-11-24(28)25(17-21)34-20-27(32)12-3-13-29(19-27)18-22-7-9-23(10-8-22)33-16-4-15-30-14-2-5-26(30)31/h6-11,17,32H,2-5,12-16,18-20H2,1H3/t27-/m0/s1. The van der Waals surface area contributed by atoms with Gasteiger partial charge < -0.3 is 19.5 Å². The second-order valence-corrected chi connectivity index (χ2v) is 10.00. The highest BCUT2D eigenvalue weighted by Gasteiger charge is 2.34. The van der Waals surface area contributed by atoms with Crippen LogP contribution in [0.5, 0.6) is 11.5 Å². The third-order valence-corrected chi connectivity index (χ3v) is 6.87. The highest BCUT2D eigenvalue weighted by atomic mass is 35.5. The number of likely N-dealkylation sites (tertiary alicyclic amines) is 2. The summed E-state index contributed by atoms with van der Waals surface area (Å²) in [5, 5.41) is 11.7. The number of ether oxygens (including phenoxy) is 2. The van der Waals surface area contributed by atoms with Gasteiger partial charge in [-0.3, -0.25) is 9.69 Å².